The normalized spacial score (nSPS) is 15.3. The SMILES string of the molecule is CCOC(=O)C1=C(C)N=c2s/c(=C/c3cc(OC)c(OC)cc3Br)c(=O)n2C1c1ccc(OC)cc1. The van der Waals surface area contributed by atoms with Crippen LogP contribution in [0.1, 0.15) is 31.0 Å². The lowest BCUT2D eigenvalue weighted by atomic mass is 9.96. The maximum atomic E-state index is 13.8. The van der Waals surface area contributed by atoms with Gasteiger partial charge in [-0.3, -0.25) is 9.36 Å². The minimum Gasteiger partial charge on any atom is -0.497 e. The molecule has 1 atom stereocenters. The molecule has 4 rings (SSSR count). The van der Waals surface area contributed by atoms with Gasteiger partial charge in [0.2, 0.25) is 0 Å². The Morgan fingerprint density at radius 3 is 2.39 bits per heavy atom. The first-order valence-corrected chi connectivity index (χ1v) is 12.7. The first-order chi connectivity index (χ1) is 17.3. The Bertz CT molecular complexity index is 1520. The number of carbonyl (C=O) groups is 1. The predicted molar refractivity (Wildman–Crippen MR) is 141 cm³/mol. The van der Waals surface area contributed by atoms with Gasteiger partial charge in [-0.15, -0.1) is 0 Å². The van der Waals surface area contributed by atoms with Crippen LogP contribution in [-0.2, 0) is 9.53 Å². The molecule has 1 unspecified atom stereocenters. The summed E-state index contributed by atoms with van der Waals surface area (Å²) in [5.41, 5.74) is 2.05. The van der Waals surface area contributed by atoms with E-state index in [1.165, 1.54) is 11.3 Å². The van der Waals surface area contributed by atoms with E-state index in [2.05, 4.69) is 20.9 Å². The maximum absolute atomic E-state index is 13.8. The molecule has 0 N–H and O–H groups in total. The molecule has 0 saturated heterocycles. The molecular weight excluding hydrogens is 548 g/mol. The molecule has 0 radical (unpaired) electrons. The van der Waals surface area contributed by atoms with Crippen LogP contribution in [0.3, 0.4) is 0 Å². The fourth-order valence-corrected chi connectivity index (χ4v) is 5.49. The van der Waals surface area contributed by atoms with E-state index < -0.39 is 12.0 Å². The summed E-state index contributed by atoms with van der Waals surface area (Å²) in [6.07, 6.45) is 1.77. The van der Waals surface area contributed by atoms with Gasteiger partial charge in [-0.2, -0.15) is 0 Å². The molecule has 0 spiro atoms. The smallest absolute Gasteiger partial charge is 0.338 e. The number of aromatic nitrogens is 1. The number of thiazole rings is 1. The van der Waals surface area contributed by atoms with Gasteiger partial charge < -0.3 is 18.9 Å². The van der Waals surface area contributed by atoms with Crippen molar-refractivity contribution >= 4 is 39.3 Å². The van der Waals surface area contributed by atoms with Crippen molar-refractivity contribution in [1.82, 2.24) is 4.57 Å². The third-order valence-corrected chi connectivity index (χ3v) is 7.41. The third kappa shape index (κ3) is 4.70. The highest BCUT2D eigenvalue weighted by Crippen LogP contribution is 2.34. The average molecular weight is 573 g/mol. The highest BCUT2D eigenvalue weighted by Gasteiger charge is 2.33. The lowest BCUT2D eigenvalue weighted by Gasteiger charge is -2.24. The Morgan fingerprint density at radius 1 is 1.11 bits per heavy atom. The molecule has 0 fully saturated rings. The number of halogens is 1. The predicted octanol–water partition coefficient (Wildman–Crippen LogP) is 3.59. The number of nitrogens with zero attached hydrogens (tertiary/aromatic N) is 2. The van der Waals surface area contributed by atoms with Crippen LogP contribution in [0.5, 0.6) is 17.2 Å². The number of hydrogen-bond donors (Lipinski definition) is 0. The van der Waals surface area contributed by atoms with Crippen molar-refractivity contribution in [3.05, 3.63) is 83.0 Å². The maximum Gasteiger partial charge on any atom is 0.338 e. The minimum atomic E-state index is -0.692. The molecule has 0 aliphatic carbocycles. The fraction of sp³-hybridized carbons (Fsp3) is 0.269. The molecule has 188 valence electrons. The van der Waals surface area contributed by atoms with Gasteiger partial charge in [0.15, 0.2) is 16.3 Å². The average Bonchev–Trinajstić information content (AvgIpc) is 3.18. The quantitative estimate of drug-likeness (QED) is 0.402. The van der Waals surface area contributed by atoms with Crippen molar-refractivity contribution in [3.63, 3.8) is 0 Å². The van der Waals surface area contributed by atoms with Crippen LogP contribution in [0.15, 0.2) is 61.9 Å². The Labute approximate surface area is 220 Å². The number of ether oxygens (including phenoxy) is 4. The second-order valence-corrected chi connectivity index (χ2v) is 9.67. The molecule has 10 heteroatoms. The summed E-state index contributed by atoms with van der Waals surface area (Å²) in [5.74, 6) is 1.27. The number of carbonyl (C=O) groups excluding carboxylic acids is 1. The summed E-state index contributed by atoms with van der Waals surface area (Å²) in [6.45, 7) is 3.71. The van der Waals surface area contributed by atoms with Crippen molar-refractivity contribution in [2.75, 3.05) is 27.9 Å². The van der Waals surface area contributed by atoms with E-state index in [-0.39, 0.29) is 12.2 Å². The zero-order valence-corrected chi connectivity index (χ0v) is 22.9. The largest absolute Gasteiger partial charge is 0.497 e. The standard InChI is InChI=1S/C26H25BrN2O6S/c1-6-35-25(31)22-14(2)28-26-29(23(22)15-7-9-17(32-3)10-8-15)24(30)21(36-26)12-16-11-19(33-4)20(34-5)13-18(16)27/h7-13,23H,6H2,1-5H3/b21-12+. The van der Waals surface area contributed by atoms with Gasteiger partial charge in [-0.25, -0.2) is 9.79 Å². The van der Waals surface area contributed by atoms with Crippen molar-refractivity contribution < 1.29 is 23.7 Å². The second-order valence-electron chi connectivity index (χ2n) is 7.80. The Kier molecular flexibility index (Phi) is 7.65. The van der Waals surface area contributed by atoms with E-state index in [0.29, 0.717) is 37.9 Å². The molecule has 1 aliphatic rings. The zero-order valence-electron chi connectivity index (χ0n) is 20.5. The van der Waals surface area contributed by atoms with Crippen molar-refractivity contribution in [2.24, 2.45) is 4.99 Å². The molecule has 0 bridgehead atoms. The fourth-order valence-electron chi connectivity index (χ4n) is 4.01. The summed E-state index contributed by atoms with van der Waals surface area (Å²) >= 11 is 4.80. The minimum absolute atomic E-state index is 0.211. The van der Waals surface area contributed by atoms with E-state index in [4.69, 9.17) is 18.9 Å². The van der Waals surface area contributed by atoms with Crippen LogP contribution in [0, 0.1) is 0 Å². The summed E-state index contributed by atoms with van der Waals surface area (Å²) in [6, 6.07) is 10.1. The number of methoxy groups -OCH3 is 3. The molecule has 0 amide bonds. The number of rotatable bonds is 7. The number of hydrogen-bond acceptors (Lipinski definition) is 8. The highest BCUT2D eigenvalue weighted by molar-refractivity contribution is 9.10. The van der Waals surface area contributed by atoms with Crippen LogP contribution < -0.4 is 29.1 Å². The van der Waals surface area contributed by atoms with Crippen LogP contribution in [0.2, 0.25) is 0 Å². The van der Waals surface area contributed by atoms with Gasteiger partial charge >= 0.3 is 5.97 Å². The first-order valence-electron chi connectivity index (χ1n) is 11.1. The molecule has 0 saturated carbocycles. The highest BCUT2D eigenvalue weighted by atomic mass is 79.9. The molecule has 3 aromatic rings. The first kappa shape index (κ1) is 25.7. The summed E-state index contributed by atoms with van der Waals surface area (Å²) in [4.78, 5) is 31.9. The zero-order chi connectivity index (χ0) is 26.0. The lowest BCUT2D eigenvalue weighted by Crippen LogP contribution is -2.39. The van der Waals surface area contributed by atoms with E-state index >= 15 is 0 Å². The van der Waals surface area contributed by atoms with Crippen LogP contribution >= 0.6 is 27.3 Å². The Balaban J connectivity index is 1.94. The van der Waals surface area contributed by atoms with E-state index in [0.717, 1.165) is 15.6 Å². The summed E-state index contributed by atoms with van der Waals surface area (Å²) in [5, 5.41) is 0. The van der Waals surface area contributed by atoms with Crippen molar-refractivity contribution in [2.45, 2.75) is 19.9 Å². The van der Waals surface area contributed by atoms with Crippen molar-refractivity contribution in [1.29, 1.82) is 0 Å². The van der Waals surface area contributed by atoms with Gasteiger partial charge in [0.05, 0.1) is 49.8 Å². The van der Waals surface area contributed by atoms with Gasteiger partial charge in [0.1, 0.15) is 5.75 Å². The number of benzene rings is 2. The number of allylic oxidation sites excluding steroid dienone is 1. The van der Waals surface area contributed by atoms with Crippen LogP contribution in [0.25, 0.3) is 6.08 Å². The lowest BCUT2D eigenvalue weighted by molar-refractivity contribution is -0.139. The van der Waals surface area contributed by atoms with Crippen molar-refractivity contribution in [3.8, 4) is 17.2 Å². The van der Waals surface area contributed by atoms with Gasteiger partial charge in [-0.1, -0.05) is 39.4 Å². The molecule has 8 nitrogen and oxygen atoms in total. The van der Waals surface area contributed by atoms with Crippen LogP contribution in [0.4, 0.5) is 0 Å². The van der Waals surface area contributed by atoms with E-state index in [9.17, 15) is 9.59 Å². The third-order valence-electron chi connectivity index (χ3n) is 5.74. The summed E-state index contributed by atoms with van der Waals surface area (Å²) in [7, 11) is 4.70. The summed E-state index contributed by atoms with van der Waals surface area (Å²) < 4.78 is 24.1. The second kappa shape index (κ2) is 10.7. The molecule has 2 aromatic carbocycles. The topological polar surface area (TPSA) is 88.4 Å². The van der Waals surface area contributed by atoms with Gasteiger partial charge in [0, 0.05) is 4.47 Å². The number of esters is 1. The molecule has 1 aromatic heterocycles. The van der Waals surface area contributed by atoms with E-state index in [1.807, 2.05) is 12.1 Å². The van der Waals surface area contributed by atoms with Gasteiger partial charge in [0.25, 0.3) is 5.56 Å². The van der Waals surface area contributed by atoms with Crippen LogP contribution in [-0.4, -0.2) is 38.5 Å². The molecule has 36 heavy (non-hydrogen) atoms. The van der Waals surface area contributed by atoms with E-state index in [1.54, 1.807) is 70.1 Å². The number of fused-ring (bicyclic) bond motifs is 1. The Hall–Kier alpha value is -3.37. The molecule has 2 heterocycles. The monoisotopic (exact) mass is 572 g/mol. The molecular formula is C26H25BrN2O6S. The Morgan fingerprint density at radius 2 is 1.78 bits per heavy atom. The van der Waals surface area contributed by atoms with Gasteiger partial charge in [-0.05, 0) is 55.3 Å². The molecule has 1 aliphatic heterocycles.